The van der Waals surface area contributed by atoms with E-state index < -0.39 is 0 Å². The van der Waals surface area contributed by atoms with E-state index in [2.05, 4.69) is 23.2 Å². The molecule has 0 aliphatic carbocycles. The fourth-order valence-corrected chi connectivity index (χ4v) is 2.25. The highest BCUT2D eigenvalue weighted by Gasteiger charge is 2.20. The molecular weight excluding hydrogens is 188 g/mol. The first-order valence-electron chi connectivity index (χ1n) is 5.87. The lowest BCUT2D eigenvalue weighted by atomic mass is 10.1. The summed E-state index contributed by atoms with van der Waals surface area (Å²) in [5, 5.41) is 3.46. The predicted molar refractivity (Wildman–Crippen MR) is 60.7 cm³/mol. The number of likely N-dealkylation sites (N-methyl/N-ethyl adjacent to an activating group) is 1. The van der Waals surface area contributed by atoms with E-state index >= 15 is 0 Å². The number of hydrogen-bond donors (Lipinski definition) is 1. The average molecular weight is 208 g/mol. The molecule has 0 bridgehead atoms. The van der Waals surface area contributed by atoms with Crippen LogP contribution in [0.3, 0.4) is 0 Å². The van der Waals surface area contributed by atoms with Crippen molar-refractivity contribution in [1.82, 2.24) is 10.2 Å². The second-order valence-corrected chi connectivity index (χ2v) is 4.14. The van der Waals surface area contributed by atoms with Crippen LogP contribution in [0.5, 0.6) is 0 Å². The molecule has 3 heteroatoms. The molecule has 1 aliphatic rings. The normalized spacial score (nSPS) is 22.1. The van der Waals surface area contributed by atoms with Crippen LogP contribution in [-0.4, -0.2) is 30.6 Å². The highest BCUT2D eigenvalue weighted by Crippen LogP contribution is 2.14. The maximum atomic E-state index is 5.39. The third-order valence-corrected chi connectivity index (χ3v) is 3.13. The topological polar surface area (TPSA) is 28.4 Å². The Hall–Kier alpha value is -0.800. The Labute approximate surface area is 91.4 Å². The minimum absolute atomic E-state index is 0.675. The summed E-state index contributed by atoms with van der Waals surface area (Å²) in [6, 6.07) is 4.69. The Morgan fingerprint density at radius 2 is 2.53 bits per heavy atom. The fourth-order valence-electron chi connectivity index (χ4n) is 2.25. The number of furan rings is 1. The molecule has 1 aliphatic heterocycles. The van der Waals surface area contributed by atoms with E-state index in [9.17, 15) is 0 Å². The SMILES string of the molecule is CCN(Cc1ccco1)C1CCCNC1. The van der Waals surface area contributed by atoms with Crippen molar-refractivity contribution in [2.75, 3.05) is 19.6 Å². The van der Waals surface area contributed by atoms with E-state index in [0.29, 0.717) is 6.04 Å². The number of hydrogen-bond acceptors (Lipinski definition) is 3. The van der Waals surface area contributed by atoms with Crippen LogP contribution in [0.1, 0.15) is 25.5 Å². The van der Waals surface area contributed by atoms with Crippen LogP contribution in [-0.2, 0) is 6.54 Å². The van der Waals surface area contributed by atoms with Crippen molar-refractivity contribution in [1.29, 1.82) is 0 Å². The third kappa shape index (κ3) is 2.83. The van der Waals surface area contributed by atoms with E-state index in [1.54, 1.807) is 6.26 Å². The molecule has 2 heterocycles. The Morgan fingerprint density at radius 3 is 3.13 bits per heavy atom. The van der Waals surface area contributed by atoms with Crippen molar-refractivity contribution in [3.05, 3.63) is 24.2 Å². The van der Waals surface area contributed by atoms with Crippen molar-refractivity contribution < 1.29 is 4.42 Å². The van der Waals surface area contributed by atoms with Crippen LogP contribution in [0.2, 0.25) is 0 Å². The zero-order valence-electron chi connectivity index (χ0n) is 9.41. The standard InChI is InChI=1S/C12H20N2O/c1-2-14(10-12-6-4-8-15-12)11-5-3-7-13-9-11/h4,6,8,11,13H,2-3,5,7,9-10H2,1H3. The average Bonchev–Trinajstić information content (AvgIpc) is 2.80. The second-order valence-electron chi connectivity index (χ2n) is 4.14. The van der Waals surface area contributed by atoms with Gasteiger partial charge in [0, 0.05) is 12.6 Å². The lowest BCUT2D eigenvalue weighted by molar-refractivity contribution is 0.155. The van der Waals surface area contributed by atoms with E-state index in [1.165, 1.54) is 19.4 Å². The molecule has 0 radical (unpaired) electrons. The Balaban J connectivity index is 1.91. The summed E-state index contributed by atoms with van der Waals surface area (Å²) in [6.45, 7) is 6.55. The smallest absolute Gasteiger partial charge is 0.117 e. The zero-order chi connectivity index (χ0) is 10.5. The zero-order valence-corrected chi connectivity index (χ0v) is 9.41. The molecule has 1 aromatic rings. The minimum Gasteiger partial charge on any atom is -0.468 e. The van der Waals surface area contributed by atoms with Gasteiger partial charge in [-0.05, 0) is 38.1 Å². The first-order chi connectivity index (χ1) is 7.40. The number of nitrogens with zero attached hydrogens (tertiary/aromatic N) is 1. The van der Waals surface area contributed by atoms with Crippen molar-refractivity contribution in [3.63, 3.8) is 0 Å². The van der Waals surface area contributed by atoms with Crippen molar-refractivity contribution >= 4 is 0 Å². The first-order valence-corrected chi connectivity index (χ1v) is 5.87. The van der Waals surface area contributed by atoms with Crippen molar-refractivity contribution in [2.45, 2.75) is 32.4 Å². The van der Waals surface area contributed by atoms with Crippen molar-refractivity contribution in [3.8, 4) is 0 Å². The Kier molecular flexibility index (Phi) is 3.80. The molecule has 84 valence electrons. The monoisotopic (exact) mass is 208 g/mol. The van der Waals surface area contributed by atoms with Gasteiger partial charge in [0.25, 0.3) is 0 Å². The van der Waals surface area contributed by atoms with E-state index in [0.717, 1.165) is 25.4 Å². The van der Waals surface area contributed by atoms with Crippen LogP contribution in [0.4, 0.5) is 0 Å². The third-order valence-electron chi connectivity index (χ3n) is 3.13. The summed E-state index contributed by atoms with van der Waals surface area (Å²) in [7, 11) is 0. The molecule has 1 saturated heterocycles. The second kappa shape index (κ2) is 5.33. The first kappa shape index (κ1) is 10.7. The van der Waals surface area contributed by atoms with Gasteiger partial charge in [0.15, 0.2) is 0 Å². The molecule has 1 aromatic heterocycles. The van der Waals surface area contributed by atoms with Gasteiger partial charge in [0.2, 0.25) is 0 Å². The number of nitrogens with one attached hydrogen (secondary N) is 1. The van der Waals surface area contributed by atoms with Gasteiger partial charge in [-0.3, -0.25) is 4.90 Å². The molecule has 0 saturated carbocycles. The Morgan fingerprint density at radius 1 is 1.60 bits per heavy atom. The van der Waals surface area contributed by atoms with Gasteiger partial charge >= 0.3 is 0 Å². The van der Waals surface area contributed by atoms with E-state index in [1.807, 2.05) is 6.07 Å². The van der Waals surface area contributed by atoms with Crippen molar-refractivity contribution in [2.24, 2.45) is 0 Å². The molecule has 2 rings (SSSR count). The van der Waals surface area contributed by atoms with Gasteiger partial charge in [-0.1, -0.05) is 6.92 Å². The van der Waals surface area contributed by atoms with Crippen LogP contribution >= 0.6 is 0 Å². The van der Waals surface area contributed by atoms with Gasteiger partial charge in [-0.25, -0.2) is 0 Å². The number of rotatable bonds is 4. The van der Waals surface area contributed by atoms with E-state index in [-0.39, 0.29) is 0 Å². The molecule has 15 heavy (non-hydrogen) atoms. The molecule has 1 unspecified atom stereocenters. The summed E-state index contributed by atoms with van der Waals surface area (Å²) < 4.78 is 5.39. The fraction of sp³-hybridized carbons (Fsp3) is 0.667. The largest absolute Gasteiger partial charge is 0.468 e. The summed E-state index contributed by atoms with van der Waals surface area (Å²) in [5.41, 5.74) is 0. The summed E-state index contributed by atoms with van der Waals surface area (Å²) in [6.07, 6.45) is 4.35. The number of piperidine rings is 1. The summed E-state index contributed by atoms with van der Waals surface area (Å²) in [5.74, 6) is 1.07. The molecular formula is C12H20N2O. The Bertz CT molecular complexity index is 265. The highest BCUT2D eigenvalue weighted by molar-refractivity contribution is 4.98. The molecule has 0 amide bonds. The molecule has 1 atom stereocenters. The minimum atomic E-state index is 0.675. The quantitative estimate of drug-likeness (QED) is 0.818. The molecule has 0 spiro atoms. The van der Waals surface area contributed by atoms with Crippen LogP contribution < -0.4 is 5.32 Å². The van der Waals surface area contributed by atoms with E-state index in [4.69, 9.17) is 4.42 Å². The maximum Gasteiger partial charge on any atom is 0.117 e. The van der Waals surface area contributed by atoms with Gasteiger partial charge in [-0.15, -0.1) is 0 Å². The van der Waals surface area contributed by atoms with Gasteiger partial charge in [0.1, 0.15) is 5.76 Å². The van der Waals surface area contributed by atoms with Gasteiger partial charge in [-0.2, -0.15) is 0 Å². The maximum absolute atomic E-state index is 5.39. The molecule has 3 nitrogen and oxygen atoms in total. The summed E-state index contributed by atoms with van der Waals surface area (Å²) >= 11 is 0. The molecule has 0 aromatic carbocycles. The van der Waals surface area contributed by atoms with Gasteiger partial charge in [0.05, 0.1) is 12.8 Å². The van der Waals surface area contributed by atoms with Crippen LogP contribution in [0.25, 0.3) is 0 Å². The van der Waals surface area contributed by atoms with Gasteiger partial charge < -0.3 is 9.73 Å². The highest BCUT2D eigenvalue weighted by atomic mass is 16.3. The van der Waals surface area contributed by atoms with Crippen LogP contribution in [0, 0.1) is 0 Å². The lowest BCUT2D eigenvalue weighted by Crippen LogP contribution is -2.45. The van der Waals surface area contributed by atoms with Crippen LogP contribution in [0.15, 0.2) is 22.8 Å². The molecule has 1 fully saturated rings. The summed E-state index contributed by atoms with van der Waals surface area (Å²) in [4.78, 5) is 2.49. The molecule has 1 N–H and O–H groups in total. The lowest BCUT2D eigenvalue weighted by Gasteiger charge is -2.33. The predicted octanol–water partition coefficient (Wildman–Crippen LogP) is 1.85.